The number of rotatable bonds is 3. The van der Waals surface area contributed by atoms with Gasteiger partial charge in [-0.05, 0) is 61.5 Å². The summed E-state index contributed by atoms with van der Waals surface area (Å²) in [6.45, 7) is 4.34. The Kier molecular flexibility index (Phi) is 4.00. The van der Waals surface area contributed by atoms with Gasteiger partial charge in [-0.25, -0.2) is 0 Å². The second kappa shape index (κ2) is 6.21. The Bertz CT molecular complexity index is 1010. The van der Waals surface area contributed by atoms with E-state index in [1.807, 2.05) is 55.6 Å². The van der Waals surface area contributed by atoms with Crippen molar-refractivity contribution in [2.24, 2.45) is 0 Å². The van der Waals surface area contributed by atoms with Crippen LogP contribution in [0.15, 0.2) is 48.0 Å². The van der Waals surface area contributed by atoms with Gasteiger partial charge in [-0.2, -0.15) is 0 Å². The van der Waals surface area contributed by atoms with Crippen molar-refractivity contribution < 1.29 is 9.59 Å². The summed E-state index contributed by atoms with van der Waals surface area (Å²) in [4.78, 5) is 32.5. The van der Waals surface area contributed by atoms with Crippen LogP contribution in [0.5, 0.6) is 0 Å². The van der Waals surface area contributed by atoms with Gasteiger partial charge in [-0.3, -0.25) is 14.6 Å². The summed E-state index contributed by atoms with van der Waals surface area (Å²) in [6.07, 6.45) is 2.38. The molecule has 1 aliphatic rings. The standard InChI is InChI=1S/C20H19N3O2S/c1-13-8-12-26-17(13)18(24)23-11-9-20(23,2)19(25)22-16-7-3-6-15-14(16)5-4-10-21-15/h3-8,10,12H,9,11H2,1-2H3,(H,22,25). The van der Waals surface area contributed by atoms with Crippen LogP contribution in [0.25, 0.3) is 10.9 Å². The molecule has 132 valence electrons. The quantitative estimate of drug-likeness (QED) is 0.767. The molecule has 0 bridgehead atoms. The number of aryl methyl sites for hydroxylation is 1. The lowest BCUT2D eigenvalue weighted by Gasteiger charge is -2.49. The molecule has 5 nitrogen and oxygen atoms in total. The maximum absolute atomic E-state index is 13.0. The van der Waals surface area contributed by atoms with Gasteiger partial charge in [0.05, 0.1) is 16.1 Å². The average Bonchev–Trinajstić information content (AvgIpc) is 3.06. The summed E-state index contributed by atoms with van der Waals surface area (Å²) in [5.41, 5.74) is 1.66. The number of anilines is 1. The number of benzene rings is 1. The highest BCUT2D eigenvalue weighted by molar-refractivity contribution is 7.12. The number of likely N-dealkylation sites (tertiary alicyclic amines) is 1. The van der Waals surface area contributed by atoms with Gasteiger partial charge in [0.25, 0.3) is 5.91 Å². The molecule has 3 heterocycles. The minimum atomic E-state index is -0.835. The molecule has 0 spiro atoms. The summed E-state index contributed by atoms with van der Waals surface area (Å²) in [7, 11) is 0. The molecule has 2 aromatic heterocycles. The summed E-state index contributed by atoms with van der Waals surface area (Å²) in [5.74, 6) is -0.233. The molecule has 1 unspecified atom stereocenters. The molecule has 6 heteroatoms. The number of nitrogens with zero attached hydrogens (tertiary/aromatic N) is 2. The highest BCUT2D eigenvalue weighted by Gasteiger charge is 2.50. The fourth-order valence-corrected chi connectivity index (χ4v) is 4.18. The van der Waals surface area contributed by atoms with Gasteiger partial charge < -0.3 is 10.2 Å². The van der Waals surface area contributed by atoms with Crippen LogP contribution in [0.2, 0.25) is 0 Å². The maximum Gasteiger partial charge on any atom is 0.265 e. The number of nitrogens with one attached hydrogen (secondary N) is 1. The number of hydrogen-bond acceptors (Lipinski definition) is 4. The SMILES string of the molecule is Cc1ccsc1C(=O)N1CCC1(C)C(=O)Nc1cccc2ncccc12. The Labute approximate surface area is 155 Å². The molecule has 1 N–H and O–H groups in total. The van der Waals surface area contributed by atoms with E-state index in [2.05, 4.69) is 10.3 Å². The van der Waals surface area contributed by atoms with Crippen LogP contribution >= 0.6 is 11.3 Å². The van der Waals surface area contributed by atoms with Crippen molar-refractivity contribution in [1.29, 1.82) is 0 Å². The molecule has 1 aromatic carbocycles. The van der Waals surface area contributed by atoms with E-state index in [9.17, 15) is 9.59 Å². The molecule has 2 amide bonds. The number of aromatic nitrogens is 1. The maximum atomic E-state index is 13.0. The zero-order chi connectivity index (χ0) is 18.3. The number of hydrogen-bond donors (Lipinski definition) is 1. The Morgan fingerprint density at radius 3 is 2.77 bits per heavy atom. The first-order chi connectivity index (χ1) is 12.5. The van der Waals surface area contributed by atoms with Crippen LogP contribution in [0.4, 0.5) is 5.69 Å². The van der Waals surface area contributed by atoms with Crippen LogP contribution in [0.3, 0.4) is 0 Å². The Morgan fingerprint density at radius 1 is 1.23 bits per heavy atom. The molecular weight excluding hydrogens is 346 g/mol. The van der Waals surface area contributed by atoms with Crippen LogP contribution in [-0.4, -0.2) is 33.8 Å². The third-order valence-electron chi connectivity index (χ3n) is 5.10. The summed E-state index contributed by atoms with van der Waals surface area (Å²) in [6, 6.07) is 11.3. The van der Waals surface area contributed by atoms with Gasteiger partial charge in [-0.15, -0.1) is 11.3 Å². The minimum Gasteiger partial charge on any atom is -0.323 e. The molecule has 1 aliphatic heterocycles. The summed E-state index contributed by atoms with van der Waals surface area (Å²) >= 11 is 1.42. The Hall–Kier alpha value is -2.73. The topological polar surface area (TPSA) is 62.3 Å². The number of fused-ring (bicyclic) bond motifs is 1. The molecule has 0 aliphatic carbocycles. The van der Waals surface area contributed by atoms with Gasteiger partial charge in [0, 0.05) is 18.1 Å². The molecular formula is C20H19N3O2S. The van der Waals surface area contributed by atoms with Crippen molar-refractivity contribution in [3.05, 3.63) is 58.4 Å². The van der Waals surface area contributed by atoms with E-state index >= 15 is 0 Å². The molecule has 4 rings (SSSR count). The lowest BCUT2D eigenvalue weighted by Crippen LogP contribution is -2.66. The van der Waals surface area contributed by atoms with Gasteiger partial charge in [0.1, 0.15) is 5.54 Å². The van der Waals surface area contributed by atoms with E-state index in [1.165, 1.54) is 11.3 Å². The fraction of sp³-hybridized carbons (Fsp3) is 0.250. The highest BCUT2D eigenvalue weighted by Crippen LogP contribution is 2.35. The third-order valence-corrected chi connectivity index (χ3v) is 6.11. The first-order valence-electron chi connectivity index (χ1n) is 8.52. The number of thiophene rings is 1. The van der Waals surface area contributed by atoms with Gasteiger partial charge in [0.2, 0.25) is 5.91 Å². The highest BCUT2D eigenvalue weighted by atomic mass is 32.1. The van der Waals surface area contributed by atoms with Crippen molar-refractivity contribution in [1.82, 2.24) is 9.88 Å². The fourth-order valence-electron chi connectivity index (χ4n) is 3.30. The molecule has 0 saturated carbocycles. The van der Waals surface area contributed by atoms with Crippen molar-refractivity contribution in [3.63, 3.8) is 0 Å². The van der Waals surface area contributed by atoms with Crippen LogP contribution in [-0.2, 0) is 4.79 Å². The molecule has 1 fully saturated rings. The Balaban J connectivity index is 1.59. The van der Waals surface area contributed by atoms with Crippen LogP contribution in [0, 0.1) is 6.92 Å². The van der Waals surface area contributed by atoms with Crippen LogP contribution in [0.1, 0.15) is 28.6 Å². The normalized spacial score (nSPS) is 19.2. The van der Waals surface area contributed by atoms with Gasteiger partial charge >= 0.3 is 0 Å². The number of pyridine rings is 1. The smallest absolute Gasteiger partial charge is 0.265 e. The minimum absolute atomic E-state index is 0.0685. The first-order valence-corrected chi connectivity index (χ1v) is 9.40. The van der Waals surface area contributed by atoms with E-state index in [1.54, 1.807) is 11.1 Å². The van der Waals surface area contributed by atoms with Crippen molar-refractivity contribution in [2.45, 2.75) is 25.8 Å². The lowest BCUT2D eigenvalue weighted by molar-refractivity contribution is -0.132. The summed E-state index contributed by atoms with van der Waals surface area (Å²) in [5, 5.41) is 5.80. The summed E-state index contributed by atoms with van der Waals surface area (Å²) < 4.78 is 0. The van der Waals surface area contributed by atoms with E-state index in [-0.39, 0.29) is 11.8 Å². The van der Waals surface area contributed by atoms with E-state index in [4.69, 9.17) is 0 Å². The van der Waals surface area contributed by atoms with Crippen LogP contribution < -0.4 is 5.32 Å². The molecule has 1 saturated heterocycles. The Morgan fingerprint density at radius 2 is 2.08 bits per heavy atom. The monoisotopic (exact) mass is 365 g/mol. The van der Waals surface area contributed by atoms with Crippen molar-refractivity contribution in [3.8, 4) is 0 Å². The van der Waals surface area contributed by atoms with E-state index in [0.717, 1.165) is 16.5 Å². The first kappa shape index (κ1) is 16.7. The van der Waals surface area contributed by atoms with E-state index in [0.29, 0.717) is 23.5 Å². The molecule has 0 radical (unpaired) electrons. The molecule has 1 atom stereocenters. The molecule has 3 aromatic rings. The number of carbonyl (C=O) groups excluding carboxylic acids is 2. The second-order valence-electron chi connectivity index (χ2n) is 6.74. The zero-order valence-corrected chi connectivity index (χ0v) is 15.5. The average molecular weight is 365 g/mol. The number of amides is 2. The van der Waals surface area contributed by atoms with Crippen molar-refractivity contribution in [2.75, 3.05) is 11.9 Å². The van der Waals surface area contributed by atoms with Crippen molar-refractivity contribution >= 4 is 39.7 Å². The lowest BCUT2D eigenvalue weighted by atomic mass is 9.85. The second-order valence-corrected chi connectivity index (χ2v) is 7.66. The predicted octanol–water partition coefficient (Wildman–Crippen LogP) is 3.85. The van der Waals surface area contributed by atoms with Gasteiger partial charge in [0.15, 0.2) is 0 Å². The third kappa shape index (κ3) is 2.57. The number of carbonyl (C=O) groups is 2. The van der Waals surface area contributed by atoms with E-state index < -0.39 is 5.54 Å². The zero-order valence-electron chi connectivity index (χ0n) is 14.7. The predicted molar refractivity (Wildman–Crippen MR) is 103 cm³/mol. The largest absolute Gasteiger partial charge is 0.323 e. The van der Waals surface area contributed by atoms with Gasteiger partial charge in [-0.1, -0.05) is 6.07 Å². The molecule has 26 heavy (non-hydrogen) atoms.